The van der Waals surface area contributed by atoms with Crippen molar-refractivity contribution in [2.24, 2.45) is 5.92 Å². The maximum atomic E-state index is 13.2. The van der Waals surface area contributed by atoms with Crippen molar-refractivity contribution in [2.75, 3.05) is 6.54 Å². The Morgan fingerprint density at radius 2 is 1.61 bits per heavy atom. The molecule has 1 aliphatic rings. The summed E-state index contributed by atoms with van der Waals surface area (Å²) in [5, 5.41) is 10.6. The molecule has 6 heteroatoms. The highest BCUT2D eigenvalue weighted by molar-refractivity contribution is 5.95. The van der Waals surface area contributed by atoms with Gasteiger partial charge in [0.05, 0.1) is 17.0 Å². The van der Waals surface area contributed by atoms with E-state index in [0.717, 1.165) is 0 Å². The summed E-state index contributed by atoms with van der Waals surface area (Å²) in [5.74, 6) is -1.53. The Morgan fingerprint density at radius 1 is 1.04 bits per heavy atom. The van der Waals surface area contributed by atoms with E-state index in [9.17, 15) is 19.5 Å². The number of aromatic nitrogens is 1. The molecule has 2 aromatic carbocycles. The fourth-order valence-corrected chi connectivity index (χ4v) is 4.30. The van der Waals surface area contributed by atoms with Gasteiger partial charge < -0.3 is 14.6 Å². The van der Waals surface area contributed by atoms with Gasteiger partial charge in [0.25, 0.3) is 0 Å². The number of carbonyl (C=O) groups is 2. The Bertz CT molecular complexity index is 1070. The van der Waals surface area contributed by atoms with Crippen LogP contribution < -0.4 is 5.43 Å². The molecule has 144 valence electrons. The molecule has 0 aliphatic carbocycles. The van der Waals surface area contributed by atoms with Crippen LogP contribution in [0.1, 0.15) is 19.8 Å². The number of nitrogens with zero attached hydrogens (tertiary/aromatic N) is 2. The van der Waals surface area contributed by atoms with Gasteiger partial charge >= 0.3 is 5.97 Å². The Hall–Kier alpha value is -3.15. The molecule has 0 unspecified atom stereocenters. The molecule has 6 nitrogen and oxygen atoms in total. The number of hydrogen-bond donors (Lipinski definition) is 1. The summed E-state index contributed by atoms with van der Waals surface area (Å²) in [6, 6.07) is 14.2. The molecular formula is C22H22N2O4. The lowest BCUT2D eigenvalue weighted by atomic mass is 9.90. The molecule has 28 heavy (non-hydrogen) atoms. The van der Waals surface area contributed by atoms with Gasteiger partial charge in [-0.15, -0.1) is 0 Å². The molecule has 1 saturated heterocycles. The van der Waals surface area contributed by atoms with Crippen LogP contribution in [0, 0.1) is 5.92 Å². The number of para-hydroxylation sites is 2. The second-order valence-corrected chi connectivity index (χ2v) is 7.36. The number of carboxylic acids is 1. The van der Waals surface area contributed by atoms with E-state index in [1.54, 1.807) is 24.0 Å². The van der Waals surface area contributed by atoms with Gasteiger partial charge in [-0.2, -0.15) is 0 Å². The van der Waals surface area contributed by atoms with Crippen molar-refractivity contribution < 1.29 is 14.7 Å². The van der Waals surface area contributed by atoms with Gasteiger partial charge in [0, 0.05) is 23.4 Å². The van der Waals surface area contributed by atoms with Crippen molar-refractivity contribution in [1.82, 2.24) is 9.47 Å². The predicted octanol–water partition coefficient (Wildman–Crippen LogP) is 2.87. The van der Waals surface area contributed by atoms with Crippen LogP contribution in [-0.4, -0.2) is 39.0 Å². The Balaban J connectivity index is 1.79. The molecule has 0 radical (unpaired) electrons. The van der Waals surface area contributed by atoms with Crippen LogP contribution in [0.25, 0.3) is 21.8 Å². The van der Waals surface area contributed by atoms with Gasteiger partial charge in [0.2, 0.25) is 5.91 Å². The summed E-state index contributed by atoms with van der Waals surface area (Å²) in [6.07, 6.45) is 1.27. The first-order valence-electron chi connectivity index (χ1n) is 9.51. The second-order valence-electron chi connectivity index (χ2n) is 7.36. The molecular weight excluding hydrogens is 356 g/mol. The van der Waals surface area contributed by atoms with Crippen LogP contribution in [0.2, 0.25) is 0 Å². The SMILES string of the molecule is C[C@@H]1[C@H](C(=O)O)CCCN1C(=O)Cn1c2ccccc2c(=O)c2ccccc21. The van der Waals surface area contributed by atoms with Crippen LogP contribution in [0.4, 0.5) is 0 Å². The summed E-state index contributed by atoms with van der Waals surface area (Å²) < 4.78 is 1.87. The van der Waals surface area contributed by atoms with Gasteiger partial charge in [0.15, 0.2) is 5.43 Å². The first-order chi connectivity index (χ1) is 13.5. The Kier molecular flexibility index (Phi) is 4.63. The van der Waals surface area contributed by atoms with Gasteiger partial charge in [0.1, 0.15) is 6.54 Å². The van der Waals surface area contributed by atoms with Crippen LogP contribution in [0.5, 0.6) is 0 Å². The fourth-order valence-electron chi connectivity index (χ4n) is 4.30. The smallest absolute Gasteiger partial charge is 0.308 e. The van der Waals surface area contributed by atoms with Crippen LogP contribution in [0.3, 0.4) is 0 Å². The van der Waals surface area contributed by atoms with E-state index in [4.69, 9.17) is 0 Å². The molecule has 0 saturated carbocycles. The van der Waals surface area contributed by atoms with Crippen molar-refractivity contribution in [3.05, 3.63) is 58.8 Å². The lowest BCUT2D eigenvalue weighted by Gasteiger charge is -2.37. The number of rotatable bonds is 3. The monoisotopic (exact) mass is 378 g/mol. The normalized spacial score (nSPS) is 19.8. The second kappa shape index (κ2) is 7.11. The highest BCUT2D eigenvalue weighted by Gasteiger charge is 2.35. The number of fused-ring (bicyclic) bond motifs is 2. The largest absolute Gasteiger partial charge is 0.481 e. The number of hydrogen-bond acceptors (Lipinski definition) is 3. The molecule has 1 N–H and O–H groups in total. The third-order valence-electron chi connectivity index (χ3n) is 5.80. The number of aliphatic carboxylic acids is 1. The van der Waals surface area contributed by atoms with E-state index in [1.165, 1.54) is 0 Å². The molecule has 2 atom stereocenters. The molecule has 0 spiro atoms. The highest BCUT2D eigenvalue weighted by Crippen LogP contribution is 2.25. The average molecular weight is 378 g/mol. The minimum absolute atomic E-state index is 0.0489. The van der Waals surface area contributed by atoms with Gasteiger partial charge in [-0.05, 0) is 44.0 Å². The van der Waals surface area contributed by atoms with E-state index < -0.39 is 11.9 Å². The van der Waals surface area contributed by atoms with Crippen LogP contribution >= 0.6 is 0 Å². The molecule has 1 aromatic heterocycles. The summed E-state index contributed by atoms with van der Waals surface area (Å²) in [7, 11) is 0. The minimum Gasteiger partial charge on any atom is -0.481 e. The van der Waals surface area contributed by atoms with E-state index in [1.807, 2.05) is 41.0 Å². The van der Waals surface area contributed by atoms with E-state index in [2.05, 4.69) is 0 Å². The van der Waals surface area contributed by atoms with Gasteiger partial charge in [-0.25, -0.2) is 0 Å². The zero-order valence-corrected chi connectivity index (χ0v) is 15.7. The molecule has 1 amide bonds. The Morgan fingerprint density at radius 3 is 2.18 bits per heavy atom. The maximum absolute atomic E-state index is 13.2. The summed E-state index contributed by atoms with van der Waals surface area (Å²) in [6.45, 7) is 2.43. The quantitative estimate of drug-likeness (QED) is 0.711. The molecule has 4 rings (SSSR count). The predicted molar refractivity (Wildman–Crippen MR) is 107 cm³/mol. The van der Waals surface area contributed by atoms with E-state index in [-0.39, 0.29) is 23.9 Å². The molecule has 0 bridgehead atoms. The summed E-state index contributed by atoms with van der Waals surface area (Å²) in [4.78, 5) is 39.1. The standard InChI is InChI=1S/C22H22N2O4/c1-14-15(22(27)28)9-6-12-23(14)20(25)13-24-18-10-4-2-7-16(18)21(26)17-8-3-5-11-19(17)24/h2-5,7-8,10-11,14-15H,6,9,12-13H2,1H3,(H,27,28)/t14-,15-/m1/s1. The summed E-state index contributed by atoms with van der Waals surface area (Å²) in [5.41, 5.74) is 1.37. The number of piperidine rings is 1. The van der Waals surface area contributed by atoms with E-state index in [0.29, 0.717) is 41.2 Å². The lowest BCUT2D eigenvalue weighted by molar-refractivity contribution is -0.149. The number of carbonyl (C=O) groups excluding carboxylic acids is 1. The van der Waals surface area contributed by atoms with Gasteiger partial charge in [-0.3, -0.25) is 14.4 Å². The topological polar surface area (TPSA) is 79.6 Å². The van der Waals surface area contributed by atoms with E-state index >= 15 is 0 Å². The first kappa shape index (κ1) is 18.2. The van der Waals surface area contributed by atoms with Crippen LogP contribution in [-0.2, 0) is 16.1 Å². The lowest BCUT2D eigenvalue weighted by Crippen LogP contribution is -2.50. The maximum Gasteiger partial charge on any atom is 0.308 e. The first-order valence-corrected chi connectivity index (χ1v) is 9.51. The molecule has 3 aromatic rings. The van der Waals surface area contributed by atoms with Crippen molar-refractivity contribution in [1.29, 1.82) is 0 Å². The highest BCUT2D eigenvalue weighted by atomic mass is 16.4. The summed E-state index contributed by atoms with van der Waals surface area (Å²) >= 11 is 0. The van der Waals surface area contributed by atoms with Crippen molar-refractivity contribution in [3.8, 4) is 0 Å². The fraction of sp³-hybridized carbons (Fsp3) is 0.318. The van der Waals surface area contributed by atoms with Crippen molar-refractivity contribution in [2.45, 2.75) is 32.4 Å². The third kappa shape index (κ3) is 2.95. The van der Waals surface area contributed by atoms with Crippen molar-refractivity contribution in [3.63, 3.8) is 0 Å². The zero-order valence-electron chi connectivity index (χ0n) is 15.7. The molecule has 1 fully saturated rings. The zero-order chi connectivity index (χ0) is 19.8. The molecule has 1 aliphatic heterocycles. The van der Waals surface area contributed by atoms with Gasteiger partial charge in [-0.1, -0.05) is 24.3 Å². The Labute approximate surface area is 162 Å². The minimum atomic E-state index is -0.857. The third-order valence-corrected chi connectivity index (χ3v) is 5.80. The van der Waals surface area contributed by atoms with Crippen LogP contribution in [0.15, 0.2) is 53.3 Å². The number of benzene rings is 2. The number of pyridine rings is 1. The number of likely N-dealkylation sites (tertiary alicyclic amines) is 1. The van der Waals surface area contributed by atoms with Crippen molar-refractivity contribution >= 4 is 33.7 Å². The molecule has 2 heterocycles. The average Bonchev–Trinajstić information content (AvgIpc) is 2.71. The number of carboxylic acid groups (broad SMARTS) is 1. The number of amides is 1.